The van der Waals surface area contributed by atoms with Crippen molar-refractivity contribution in [1.82, 2.24) is 4.98 Å². The van der Waals surface area contributed by atoms with Crippen molar-refractivity contribution in [3.05, 3.63) is 58.9 Å². The fourth-order valence-electron chi connectivity index (χ4n) is 1.72. The first kappa shape index (κ1) is 12.3. The van der Waals surface area contributed by atoms with Gasteiger partial charge in [-0.3, -0.25) is 10.4 Å². The van der Waals surface area contributed by atoms with Crippen LogP contribution in [0.3, 0.4) is 0 Å². The Kier molecular flexibility index (Phi) is 3.72. The third-order valence-corrected chi connectivity index (χ3v) is 2.96. The van der Waals surface area contributed by atoms with Crippen molar-refractivity contribution in [3.63, 3.8) is 0 Å². The van der Waals surface area contributed by atoms with Crippen LogP contribution in [0.1, 0.15) is 22.3 Å². The highest BCUT2D eigenvalue weighted by Crippen LogP contribution is 2.13. The molecule has 3 heteroatoms. The van der Waals surface area contributed by atoms with Gasteiger partial charge in [-0.1, -0.05) is 6.07 Å². The number of nitrogens with one attached hydrogen (secondary N) is 1. The Morgan fingerprint density at radius 1 is 1.00 bits per heavy atom. The molecule has 0 bridgehead atoms. The monoisotopic (exact) mass is 239 g/mol. The van der Waals surface area contributed by atoms with Crippen LogP contribution in [0.15, 0.2) is 41.8 Å². The second kappa shape index (κ2) is 5.45. The lowest BCUT2D eigenvalue weighted by Gasteiger charge is -2.05. The van der Waals surface area contributed by atoms with E-state index in [-0.39, 0.29) is 0 Å². The number of aromatic nitrogens is 1. The molecule has 0 saturated carbocycles. The van der Waals surface area contributed by atoms with Crippen molar-refractivity contribution >= 4 is 11.9 Å². The van der Waals surface area contributed by atoms with Crippen LogP contribution in [0.4, 0.5) is 5.69 Å². The summed E-state index contributed by atoms with van der Waals surface area (Å²) < 4.78 is 0. The zero-order chi connectivity index (χ0) is 13.0. The molecule has 2 rings (SSSR count). The largest absolute Gasteiger partial charge is 0.278 e. The summed E-state index contributed by atoms with van der Waals surface area (Å²) >= 11 is 0. The fraction of sp³-hybridized carbons (Fsp3) is 0.200. The maximum atomic E-state index is 4.24. The van der Waals surface area contributed by atoms with E-state index in [9.17, 15) is 0 Å². The summed E-state index contributed by atoms with van der Waals surface area (Å²) in [6.45, 7) is 6.33. The lowest BCUT2D eigenvalue weighted by molar-refractivity contribution is 1.27. The maximum absolute atomic E-state index is 4.24. The van der Waals surface area contributed by atoms with E-state index < -0.39 is 0 Å². The van der Waals surface area contributed by atoms with Crippen molar-refractivity contribution in [1.29, 1.82) is 0 Å². The molecule has 0 fully saturated rings. The van der Waals surface area contributed by atoms with E-state index in [1.165, 1.54) is 16.7 Å². The van der Waals surface area contributed by atoms with Gasteiger partial charge in [0.05, 0.1) is 11.9 Å². The number of benzene rings is 1. The zero-order valence-electron chi connectivity index (χ0n) is 10.9. The second-order valence-electron chi connectivity index (χ2n) is 4.40. The van der Waals surface area contributed by atoms with Gasteiger partial charge in [-0.2, -0.15) is 5.10 Å². The Morgan fingerprint density at radius 2 is 1.67 bits per heavy atom. The van der Waals surface area contributed by atoms with Gasteiger partial charge in [0.2, 0.25) is 0 Å². The molecule has 0 radical (unpaired) electrons. The Hall–Kier alpha value is -2.16. The highest BCUT2D eigenvalue weighted by atomic mass is 15.3. The van der Waals surface area contributed by atoms with Crippen molar-refractivity contribution < 1.29 is 0 Å². The lowest BCUT2D eigenvalue weighted by Crippen LogP contribution is -1.95. The average molecular weight is 239 g/mol. The Balaban J connectivity index is 2.12. The minimum Gasteiger partial charge on any atom is -0.278 e. The van der Waals surface area contributed by atoms with Crippen LogP contribution in [0, 0.1) is 20.8 Å². The summed E-state index contributed by atoms with van der Waals surface area (Å²) in [4.78, 5) is 3.96. The number of rotatable bonds is 3. The Morgan fingerprint density at radius 3 is 2.39 bits per heavy atom. The molecule has 18 heavy (non-hydrogen) atoms. The maximum Gasteiger partial charge on any atom is 0.0592 e. The molecule has 0 aliphatic rings. The molecule has 0 atom stereocenters. The van der Waals surface area contributed by atoms with Gasteiger partial charge < -0.3 is 0 Å². The first-order chi connectivity index (χ1) is 8.66. The number of pyridine rings is 1. The number of hydrazone groups is 1. The van der Waals surface area contributed by atoms with Gasteiger partial charge in [0.1, 0.15) is 0 Å². The van der Waals surface area contributed by atoms with Gasteiger partial charge in [-0.05, 0) is 61.2 Å². The van der Waals surface area contributed by atoms with E-state index in [4.69, 9.17) is 0 Å². The molecule has 0 saturated heterocycles. The summed E-state index contributed by atoms with van der Waals surface area (Å²) in [6.07, 6.45) is 5.32. The van der Waals surface area contributed by atoms with Gasteiger partial charge >= 0.3 is 0 Å². The molecule has 2 aromatic rings. The van der Waals surface area contributed by atoms with Crippen LogP contribution < -0.4 is 5.43 Å². The normalized spacial score (nSPS) is 10.8. The van der Waals surface area contributed by atoms with Gasteiger partial charge in [-0.25, -0.2) is 0 Å². The SMILES string of the molecule is Cc1cc(C)c(C=NNc2ccncc2)cc1C. The Bertz CT molecular complexity index is 559. The van der Waals surface area contributed by atoms with Crippen LogP contribution in [0.5, 0.6) is 0 Å². The van der Waals surface area contributed by atoms with Gasteiger partial charge in [0.15, 0.2) is 0 Å². The number of nitrogens with zero attached hydrogens (tertiary/aromatic N) is 2. The van der Waals surface area contributed by atoms with Gasteiger partial charge in [0, 0.05) is 12.4 Å². The molecule has 1 N–H and O–H groups in total. The van der Waals surface area contributed by atoms with Gasteiger partial charge in [0.25, 0.3) is 0 Å². The summed E-state index contributed by atoms with van der Waals surface area (Å²) in [5, 5.41) is 4.24. The van der Waals surface area contributed by atoms with Gasteiger partial charge in [-0.15, -0.1) is 0 Å². The summed E-state index contributed by atoms with van der Waals surface area (Å²) in [6, 6.07) is 8.10. The molecule has 3 nitrogen and oxygen atoms in total. The molecule has 1 aromatic carbocycles. The van der Waals surface area contributed by atoms with Crippen LogP contribution in [0.2, 0.25) is 0 Å². The minimum absolute atomic E-state index is 0.933. The second-order valence-corrected chi connectivity index (χ2v) is 4.40. The molecule has 0 unspecified atom stereocenters. The van der Waals surface area contributed by atoms with Crippen LogP contribution >= 0.6 is 0 Å². The van der Waals surface area contributed by atoms with Crippen LogP contribution in [0.25, 0.3) is 0 Å². The topological polar surface area (TPSA) is 37.3 Å². The fourth-order valence-corrected chi connectivity index (χ4v) is 1.72. The predicted molar refractivity (Wildman–Crippen MR) is 76.1 cm³/mol. The quantitative estimate of drug-likeness (QED) is 0.658. The van der Waals surface area contributed by atoms with Crippen LogP contribution in [-0.2, 0) is 0 Å². The third-order valence-electron chi connectivity index (χ3n) is 2.96. The van der Waals surface area contributed by atoms with Crippen molar-refractivity contribution in [2.24, 2.45) is 5.10 Å². The highest BCUT2D eigenvalue weighted by Gasteiger charge is 1.99. The molecule has 92 valence electrons. The highest BCUT2D eigenvalue weighted by molar-refractivity contribution is 5.82. The first-order valence-electron chi connectivity index (χ1n) is 5.94. The number of aryl methyl sites for hydroxylation is 3. The van der Waals surface area contributed by atoms with E-state index in [0.29, 0.717) is 0 Å². The van der Waals surface area contributed by atoms with E-state index >= 15 is 0 Å². The van der Waals surface area contributed by atoms with Crippen molar-refractivity contribution in [3.8, 4) is 0 Å². The van der Waals surface area contributed by atoms with E-state index in [1.54, 1.807) is 12.4 Å². The standard InChI is InChI=1S/C15H17N3/c1-11-8-13(3)14(9-12(11)2)10-17-18-15-4-6-16-7-5-15/h4-10H,1-3H3,(H,16,18). The predicted octanol–water partition coefficient (Wildman–Crippen LogP) is 3.45. The molecule has 0 amide bonds. The van der Waals surface area contributed by atoms with Crippen molar-refractivity contribution in [2.75, 3.05) is 5.43 Å². The molecule has 0 aliphatic heterocycles. The van der Waals surface area contributed by atoms with Crippen LogP contribution in [-0.4, -0.2) is 11.2 Å². The van der Waals surface area contributed by atoms with Crippen molar-refractivity contribution in [2.45, 2.75) is 20.8 Å². The summed E-state index contributed by atoms with van der Waals surface area (Å²) in [5.41, 5.74) is 8.89. The van der Waals surface area contributed by atoms with E-state index in [2.05, 4.69) is 48.4 Å². The minimum atomic E-state index is 0.933. The van der Waals surface area contributed by atoms with E-state index in [1.807, 2.05) is 18.3 Å². The average Bonchev–Trinajstić information content (AvgIpc) is 2.37. The smallest absolute Gasteiger partial charge is 0.0592 e. The molecular formula is C15H17N3. The molecule has 0 aliphatic carbocycles. The number of hydrogen-bond acceptors (Lipinski definition) is 3. The summed E-state index contributed by atoms with van der Waals surface area (Å²) in [5.74, 6) is 0. The molecular weight excluding hydrogens is 222 g/mol. The number of hydrogen-bond donors (Lipinski definition) is 1. The summed E-state index contributed by atoms with van der Waals surface area (Å²) in [7, 11) is 0. The molecule has 1 heterocycles. The number of anilines is 1. The lowest BCUT2D eigenvalue weighted by atomic mass is 10.0. The Labute approximate surface area is 108 Å². The molecule has 0 spiro atoms. The molecule has 1 aromatic heterocycles. The first-order valence-corrected chi connectivity index (χ1v) is 5.94. The third kappa shape index (κ3) is 2.94. The van der Waals surface area contributed by atoms with E-state index in [0.717, 1.165) is 11.3 Å². The zero-order valence-corrected chi connectivity index (χ0v) is 10.9.